The van der Waals surface area contributed by atoms with E-state index < -0.39 is 6.04 Å². The molecule has 35 heavy (non-hydrogen) atoms. The van der Waals surface area contributed by atoms with Crippen LogP contribution in [0.4, 0.5) is 0 Å². The van der Waals surface area contributed by atoms with Crippen LogP contribution in [0.1, 0.15) is 72.3 Å². The van der Waals surface area contributed by atoms with Crippen molar-refractivity contribution in [1.82, 2.24) is 20.9 Å². The van der Waals surface area contributed by atoms with Crippen LogP contribution in [0.3, 0.4) is 0 Å². The number of nitrogens with zero attached hydrogens (tertiary/aromatic N) is 1. The minimum Gasteiger partial charge on any atom is -0.375 e. The maximum Gasteiger partial charge on any atom is 0.244 e. The summed E-state index contributed by atoms with van der Waals surface area (Å²) in [5, 5.41) is 10.3. The van der Waals surface area contributed by atoms with Gasteiger partial charge >= 0.3 is 0 Å². The van der Waals surface area contributed by atoms with Crippen LogP contribution in [0.5, 0.6) is 0 Å². The van der Waals surface area contributed by atoms with Crippen molar-refractivity contribution in [2.45, 2.75) is 91.4 Å². The minimum absolute atomic E-state index is 0.00164. The van der Waals surface area contributed by atoms with Gasteiger partial charge in [0.05, 0.1) is 4.99 Å². The van der Waals surface area contributed by atoms with Gasteiger partial charge < -0.3 is 20.9 Å². The zero-order chi connectivity index (χ0) is 26.2. The molecule has 2 rings (SSSR count). The second-order valence-corrected chi connectivity index (χ2v) is 12.0. The maximum absolute atomic E-state index is 13.4. The summed E-state index contributed by atoms with van der Waals surface area (Å²) in [5.74, 6) is -0.537. The van der Waals surface area contributed by atoms with Crippen LogP contribution in [-0.4, -0.2) is 53.9 Å². The van der Waals surface area contributed by atoms with Gasteiger partial charge in [-0.05, 0) is 29.7 Å². The summed E-state index contributed by atoms with van der Waals surface area (Å²) in [5.41, 5.74) is 0.978. The van der Waals surface area contributed by atoms with Gasteiger partial charge in [0.15, 0.2) is 0 Å². The number of hydrogen-bond donors (Lipinski definition) is 3. The third-order valence-corrected chi connectivity index (χ3v) is 7.23. The summed E-state index contributed by atoms with van der Waals surface area (Å²) in [4.78, 5) is 28.3. The van der Waals surface area contributed by atoms with Crippen molar-refractivity contribution in [1.29, 1.82) is 0 Å². The molecule has 1 saturated carbocycles. The fourth-order valence-electron chi connectivity index (χ4n) is 4.68. The van der Waals surface area contributed by atoms with E-state index in [2.05, 4.69) is 61.0 Å². The average Bonchev–Trinajstić information content (AvgIpc) is 2.79. The number of rotatable bonds is 10. The van der Waals surface area contributed by atoms with Crippen molar-refractivity contribution in [2.24, 2.45) is 17.3 Å². The minimum atomic E-state index is -0.547. The molecule has 0 aromatic heterocycles. The molecule has 0 bridgehead atoms. The number of likely N-dealkylation sites (N-methyl/N-ethyl adjacent to an activating group) is 1. The lowest BCUT2D eigenvalue weighted by molar-refractivity contribution is -0.138. The molecule has 1 aliphatic rings. The van der Waals surface area contributed by atoms with Gasteiger partial charge in [0.1, 0.15) is 6.04 Å². The van der Waals surface area contributed by atoms with Crippen molar-refractivity contribution in [3.63, 3.8) is 0 Å². The summed E-state index contributed by atoms with van der Waals surface area (Å²) in [6.45, 7) is 10.9. The van der Waals surface area contributed by atoms with Crippen LogP contribution in [0.15, 0.2) is 30.3 Å². The van der Waals surface area contributed by atoms with Gasteiger partial charge in [0.2, 0.25) is 11.8 Å². The summed E-state index contributed by atoms with van der Waals surface area (Å²) >= 11 is 5.79. The van der Waals surface area contributed by atoms with E-state index in [0.29, 0.717) is 12.5 Å². The lowest BCUT2D eigenvalue weighted by atomic mass is 9.77. The van der Waals surface area contributed by atoms with E-state index >= 15 is 0 Å². The molecule has 196 valence electrons. The van der Waals surface area contributed by atoms with Crippen LogP contribution < -0.4 is 16.0 Å². The Morgan fingerprint density at radius 3 is 2.20 bits per heavy atom. The number of thiocarbonyl (C=S) groups is 1. The highest BCUT2D eigenvalue weighted by atomic mass is 32.1. The topological polar surface area (TPSA) is 73.5 Å². The smallest absolute Gasteiger partial charge is 0.244 e. The summed E-state index contributed by atoms with van der Waals surface area (Å²) in [6.07, 6.45) is 5.02. The zero-order valence-electron chi connectivity index (χ0n) is 22.7. The summed E-state index contributed by atoms with van der Waals surface area (Å²) in [7, 11) is 3.44. The lowest BCUT2D eigenvalue weighted by Gasteiger charge is -2.36. The lowest BCUT2D eigenvalue weighted by Crippen LogP contribution is -2.54. The highest BCUT2D eigenvalue weighted by Crippen LogP contribution is 2.30. The second kappa shape index (κ2) is 13.4. The summed E-state index contributed by atoms with van der Waals surface area (Å²) in [6, 6.07) is 10.5. The van der Waals surface area contributed by atoms with Crippen molar-refractivity contribution in [3.05, 3.63) is 35.9 Å². The normalized spacial score (nSPS) is 20.1. The number of carbonyl (C=O) groups excluding carboxylic acids is 2. The Kier molecular flexibility index (Phi) is 11.2. The predicted molar refractivity (Wildman–Crippen MR) is 148 cm³/mol. The van der Waals surface area contributed by atoms with Crippen molar-refractivity contribution in [2.75, 3.05) is 14.1 Å². The molecule has 6 nitrogen and oxygen atoms in total. The Morgan fingerprint density at radius 1 is 1.06 bits per heavy atom. The van der Waals surface area contributed by atoms with E-state index in [-0.39, 0.29) is 35.1 Å². The first-order valence-electron chi connectivity index (χ1n) is 13.0. The molecule has 3 N–H and O–H groups in total. The third-order valence-electron chi connectivity index (χ3n) is 6.95. The van der Waals surface area contributed by atoms with Gasteiger partial charge in [-0.2, -0.15) is 0 Å². The van der Waals surface area contributed by atoms with E-state index in [9.17, 15) is 9.59 Å². The van der Waals surface area contributed by atoms with Crippen LogP contribution in [0.25, 0.3) is 0 Å². The fraction of sp³-hybridized carbons (Fsp3) is 0.679. The molecule has 0 radical (unpaired) electrons. The Hall–Kier alpha value is -1.99. The van der Waals surface area contributed by atoms with Gasteiger partial charge in [-0.1, -0.05) is 90.0 Å². The zero-order valence-corrected chi connectivity index (χ0v) is 23.5. The Labute approximate surface area is 218 Å². The van der Waals surface area contributed by atoms with Crippen molar-refractivity contribution < 1.29 is 9.59 Å². The molecule has 1 fully saturated rings. The first-order chi connectivity index (χ1) is 16.4. The van der Waals surface area contributed by atoms with Crippen molar-refractivity contribution >= 4 is 29.0 Å². The molecular weight excluding hydrogens is 456 g/mol. The van der Waals surface area contributed by atoms with Crippen LogP contribution in [0.2, 0.25) is 0 Å². The summed E-state index contributed by atoms with van der Waals surface area (Å²) < 4.78 is 0. The van der Waals surface area contributed by atoms with E-state index in [1.807, 2.05) is 19.9 Å². The molecule has 7 heteroatoms. The molecule has 2 amide bonds. The van der Waals surface area contributed by atoms with E-state index in [1.165, 1.54) is 23.3 Å². The monoisotopic (exact) mass is 502 g/mol. The highest BCUT2D eigenvalue weighted by molar-refractivity contribution is 7.80. The third kappa shape index (κ3) is 9.19. The van der Waals surface area contributed by atoms with Crippen LogP contribution >= 0.6 is 12.2 Å². The number of benzene rings is 1. The molecular formula is C28H46N4O2S. The number of hydrogen-bond acceptors (Lipinski definition) is 4. The first-order valence-corrected chi connectivity index (χ1v) is 13.4. The standard InChI is InChI=1S/C28H46N4O2S/c1-19(2)25(27(34)32(6)7)31-26(33)21(28(3,4)5)17-24(35)30-23-16-12-11-15-22(23)29-18-20-13-9-8-10-14-20/h8-10,13-14,19,21-23,25,29H,11-12,15-18H2,1-7H3,(H,30,35)(H,31,33)/t21-,22+,23+,25+/m1/s1. The molecule has 1 aromatic rings. The molecule has 0 aliphatic heterocycles. The van der Waals surface area contributed by atoms with Crippen LogP contribution in [0, 0.1) is 17.3 Å². The number of nitrogens with one attached hydrogen (secondary N) is 3. The van der Waals surface area contributed by atoms with Gasteiger partial charge in [-0.3, -0.25) is 9.59 Å². The largest absolute Gasteiger partial charge is 0.375 e. The van der Waals surface area contributed by atoms with E-state index in [1.54, 1.807) is 14.1 Å². The van der Waals surface area contributed by atoms with Gasteiger partial charge in [-0.25, -0.2) is 0 Å². The highest BCUT2D eigenvalue weighted by Gasteiger charge is 2.36. The molecule has 0 saturated heterocycles. The van der Waals surface area contributed by atoms with Gasteiger partial charge in [-0.15, -0.1) is 0 Å². The Balaban J connectivity index is 2.03. The number of carbonyl (C=O) groups is 2. The second-order valence-electron chi connectivity index (χ2n) is 11.5. The molecule has 1 aliphatic carbocycles. The van der Waals surface area contributed by atoms with Gasteiger partial charge in [0, 0.05) is 45.1 Å². The van der Waals surface area contributed by atoms with E-state index in [0.717, 1.165) is 24.4 Å². The predicted octanol–water partition coefficient (Wildman–Crippen LogP) is 4.29. The number of amides is 2. The average molecular weight is 503 g/mol. The quantitative estimate of drug-likeness (QED) is 0.417. The molecule has 0 unspecified atom stereocenters. The fourth-order valence-corrected chi connectivity index (χ4v) is 5.00. The molecule has 4 atom stereocenters. The molecule has 0 spiro atoms. The van der Waals surface area contributed by atoms with Crippen LogP contribution in [-0.2, 0) is 16.1 Å². The maximum atomic E-state index is 13.4. The Bertz CT molecular complexity index is 835. The van der Waals surface area contributed by atoms with E-state index in [4.69, 9.17) is 12.2 Å². The SMILES string of the molecule is CC(C)[C@H](NC(=O)[C@@H](CC(=S)N[C@H]1CCCC[C@@H]1NCc1ccccc1)C(C)(C)C)C(=O)N(C)C. The molecule has 0 heterocycles. The van der Waals surface area contributed by atoms with Crippen molar-refractivity contribution in [3.8, 4) is 0 Å². The van der Waals surface area contributed by atoms with Gasteiger partial charge in [0.25, 0.3) is 0 Å². The Morgan fingerprint density at radius 2 is 1.66 bits per heavy atom. The first kappa shape index (κ1) is 29.2. The molecule has 1 aromatic carbocycles.